The molecule has 20 heavy (non-hydrogen) atoms. The van der Waals surface area contributed by atoms with Crippen molar-refractivity contribution in [3.05, 3.63) is 23.8 Å². The molecule has 0 saturated carbocycles. The van der Waals surface area contributed by atoms with Crippen molar-refractivity contribution in [2.24, 2.45) is 0 Å². The number of hydrogen-bond acceptors (Lipinski definition) is 5. The van der Waals surface area contributed by atoms with Gasteiger partial charge in [-0.2, -0.15) is 4.31 Å². The average molecular weight is 299 g/mol. The summed E-state index contributed by atoms with van der Waals surface area (Å²) < 4.78 is 30.8. The highest BCUT2D eigenvalue weighted by molar-refractivity contribution is 7.89. The fourth-order valence-corrected chi connectivity index (χ4v) is 3.75. The Kier molecular flexibility index (Phi) is 4.29. The van der Waals surface area contributed by atoms with Crippen LogP contribution in [0, 0.1) is 0 Å². The number of phenolic OH excluding ortho intramolecular Hbond substituents is 1. The van der Waals surface area contributed by atoms with Crippen LogP contribution in [0.15, 0.2) is 23.1 Å². The number of carbonyl (C=O) groups is 1. The molecule has 1 heterocycles. The van der Waals surface area contributed by atoms with Gasteiger partial charge in [0.1, 0.15) is 11.3 Å². The molecule has 1 aliphatic heterocycles. The summed E-state index contributed by atoms with van der Waals surface area (Å²) in [6.45, 7) is 0.966. The maximum absolute atomic E-state index is 12.5. The lowest BCUT2D eigenvalue weighted by Gasteiger charge is -2.26. The van der Waals surface area contributed by atoms with E-state index in [2.05, 4.69) is 4.74 Å². The van der Waals surface area contributed by atoms with E-state index in [-0.39, 0.29) is 16.2 Å². The molecule has 110 valence electrons. The Hall–Kier alpha value is -1.60. The standard InChI is InChI=1S/C13H17NO5S/c1-19-13(16)11-9-10(5-6-12(11)15)20(17,18)14-7-3-2-4-8-14/h5-6,9,15H,2-4,7-8H2,1H3. The quantitative estimate of drug-likeness (QED) is 0.852. The Bertz CT molecular complexity index is 605. The summed E-state index contributed by atoms with van der Waals surface area (Å²) in [7, 11) is -2.45. The van der Waals surface area contributed by atoms with Crippen molar-refractivity contribution in [3.63, 3.8) is 0 Å². The van der Waals surface area contributed by atoms with Gasteiger partial charge in [0.25, 0.3) is 0 Å². The van der Waals surface area contributed by atoms with E-state index >= 15 is 0 Å². The summed E-state index contributed by atoms with van der Waals surface area (Å²) >= 11 is 0. The zero-order valence-corrected chi connectivity index (χ0v) is 12.0. The van der Waals surface area contributed by atoms with Crippen LogP contribution in [0.4, 0.5) is 0 Å². The molecule has 1 aromatic carbocycles. The Labute approximate surface area is 118 Å². The number of carbonyl (C=O) groups excluding carboxylic acids is 1. The molecule has 1 saturated heterocycles. The molecule has 1 aromatic rings. The molecular weight excluding hydrogens is 282 g/mol. The highest BCUT2D eigenvalue weighted by Crippen LogP contribution is 2.26. The van der Waals surface area contributed by atoms with Crippen molar-refractivity contribution < 1.29 is 23.1 Å². The van der Waals surface area contributed by atoms with Gasteiger partial charge in [0.05, 0.1) is 12.0 Å². The molecular formula is C13H17NO5S. The zero-order chi connectivity index (χ0) is 14.8. The molecule has 2 rings (SSSR count). The van der Waals surface area contributed by atoms with Crippen LogP contribution < -0.4 is 0 Å². The molecule has 0 bridgehead atoms. The van der Waals surface area contributed by atoms with Gasteiger partial charge in [-0.3, -0.25) is 0 Å². The predicted octanol–water partition coefficient (Wildman–Crippen LogP) is 1.35. The van der Waals surface area contributed by atoms with Crippen LogP contribution in [0.3, 0.4) is 0 Å². The van der Waals surface area contributed by atoms with Gasteiger partial charge in [-0.25, -0.2) is 13.2 Å². The first-order valence-electron chi connectivity index (χ1n) is 6.38. The second kappa shape index (κ2) is 5.80. The number of piperidine rings is 1. The Morgan fingerprint density at radius 2 is 1.90 bits per heavy atom. The fraction of sp³-hybridized carbons (Fsp3) is 0.462. The topological polar surface area (TPSA) is 83.9 Å². The van der Waals surface area contributed by atoms with Gasteiger partial charge in [0.2, 0.25) is 10.0 Å². The Balaban J connectivity index is 2.39. The summed E-state index contributed by atoms with van der Waals surface area (Å²) in [5.41, 5.74) is -0.148. The number of sulfonamides is 1. The van der Waals surface area contributed by atoms with Crippen LogP contribution >= 0.6 is 0 Å². The monoisotopic (exact) mass is 299 g/mol. The number of esters is 1. The van der Waals surface area contributed by atoms with Crippen LogP contribution in [0.25, 0.3) is 0 Å². The second-order valence-corrected chi connectivity index (χ2v) is 6.57. The van der Waals surface area contributed by atoms with Crippen molar-refractivity contribution >= 4 is 16.0 Å². The van der Waals surface area contributed by atoms with Gasteiger partial charge in [0, 0.05) is 13.1 Å². The zero-order valence-electron chi connectivity index (χ0n) is 11.2. The van der Waals surface area contributed by atoms with E-state index in [1.54, 1.807) is 0 Å². The van der Waals surface area contributed by atoms with Gasteiger partial charge in [-0.05, 0) is 31.0 Å². The minimum atomic E-state index is -3.63. The lowest BCUT2D eigenvalue weighted by molar-refractivity contribution is 0.0597. The van der Waals surface area contributed by atoms with Crippen LogP contribution in [-0.2, 0) is 14.8 Å². The summed E-state index contributed by atoms with van der Waals surface area (Å²) in [6, 6.07) is 3.65. The highest BCUT2D eigenvalue weighted by Gasteiger charge is 2.27. The third-order valence-electron chi connectivity index (χ3n) is 3.33. The third-order valence-corrected chi connectivity index (χ3v) is 5.22. The molecule has 6 nitrogen and oxygen atoms in total. The first-order chi connectivity index (χ1) is 9.46. The minimum Gasteiger partial charge on any atom is -0.507 e. The van der Waals surface area contributed by atoms with E-state index in [1.807, 2.05) is 0 Å². The number of hydrogen-bond donors (Lipinski definition) is 1. The van der Waals surface area contributed by atoms with E-state index in [9.17, 15) is 18.3 Å². The normalized spacial score (nSPS) is 16.9. The SMILES string of the molecule is COC(=O)c1cc(S(=O)(=O)N2CCCCC2)ccc1O. The van der Waals surface area contributed by atoms with Crippen molar-refractivity contribution in [1.82, 2.24) is 4.31 Å². The number of benzene rings is 1. The van der Waals surface area contributed by atoms with E-state index < -0.39 is 16.0 Å². The first kappa shape index (κ1) is 14.8. The molecule has 0 unspecified atom stereocenters. The molecule has 1 aliphatic rings. The first-order valence-corrected chi connectivity index (χ1v) is 7.82. The second-order valence-electron chi connectivity index (χ2n) is 4.64. The van der Waals surface area contributed by atoms with E-state index in [1.165, 1.54) is 23.5 Å². The summed E-state index contributed by atoms with van der Waals surface area (Å²) in [5, 5.41) is 9.60. The molecule has 7 heteroatoms. The average Bonchev–Trinajstić information content (AvgIpc) is 2.47. The van der Waals surface area contributed by atoms with Gasteiger partial charge >= 0.3 is 5.97 Å². The summed E-state index contributed by atoms with van der Waals surface area (Å²) in [5.74, 6) is -1.06. The van der Waals surface area contributed by atoms with Crippen molar-refractivity contribution in [1.29, 1.82) is 0 Å². The summed E-state index contributed by atoms with van der Waals surface area (Å²) in [4.78, 5) is 11.5. The van der Waals surface area contributed by atoms with Crippen molar-refractivity contribution in [2.45, 2.75) is 24.2 Å². The maximum Gasteiger partial charge on any atom is 0.341 e. The van der Waals surface area contributed by atoms with E-state index in [4.69, 9.17) is 0 Å². The van der Waals surface area contributed by atoms with Crippen LogP contribution in [0.5, 0.6) is 5.75 Å². The highest BCUT2D eigenvalue weighted by atomic mass is 32.2. The molecule has 0 atom stereocenters. The smallest absolute Gasteiger partial charge is 0.341 e. The number of aromatic hydroxyl groups is 1. The van der Waals surface area contributed by atoms with Crippen LogP contribution in [0.2, 0.25) is 0 Å². The van der Waals surface area contributed by atoms with Gasteiger partial charge in [0.15, 0.2) is 0 Å². The summed E-state index contributed by atoms with van der Waals surface area (Å²) in [6.07, 6.45) is 2.69. The molecule has 1 N–H and O–H groups in total. The number of phenols is 1. The number of methoxy groups -OCH3 is 1. The van der Waals surface area contributed by atoms with Crippen LogP contribution in [0.1, 0.15) is 29.6 Å². The van der Waals surface area contributed by atoms with Crippen LogP contribution in [-0.4, -0.2) is 44.0 Å². The third kappa shape index (κ3) is 2.78. The van der Waals surface area contributed by atoms with E-state index in [0.717, 1.165) is 25.3 Å². The van der Waals surface area contributed by atoms with Crippen molar-refractivity contribution in [2.75, 3.05) is 20.2 Å². The lowest BCUT2D eigenvalue weighted by atomic mass is 10.2. The van der Waals surface area contributed by atoms with E-state index in [0.29, 0.717) is 13.1 Å². The Morgan fingerprint density at radius 1 is 1.25 bits per heavy atom. The van der Waals surface area contributed by atoms with Gasteiger partial charge < -0.3 is 9.84 Å². The van der Waals surface area contributed by atoms with Gasteiger partial charge in [-0.15, -0.1) is 0 Å². The molecule has 0 aliphatic carbocycles. The predicted molar refractivity (Wildman–Crippen MR) is 72.1 cm³/mol. The number of nitrogens with zero attached hydrogens (tertiary/aromatic N) is 1. The molecule has 0 radical (unpaired) electrons. The lowest BCUT2D eigenvalue weighted by Crippen LogP contribution is -2.35. The van der Waals surface area contributed by atoms with Gasteiger partial charge in [-0.1, -0.05) is 6.42 Å². The largest absolute Gasteiger partial charge is 0.507 e. The fourth-order valence-electron chi connectivity index (χ4n) is 2.20. The number of rotatable bonds is 3. The molecule has 0 aromatic heterocycles. The number of ether oxygens (including phenoxy) is 1. The molecule has 0 spiro atoms. The maximum atomic E-state index is 12.5. The van der Waals surface area contributed by atoms with Crippen molar-refractivity contribution in [3.8, 4) is 5.75 Å². The molecule has 0 amide bonds. The Morgan fingerprint density at radius 3 is 2.50 bits per heavy atom. The molecule has 1 fully saturated rings. The minimum absolute atomic E-state index is 0.00222.